The van der Waals surface area contributed by atoms with Gasteiger partial charge in [-0.05, 0) is 37.8 Å². The van der Waals surface area contributed by atoms with Gasteiger partial charge in [-0.3, -0.25) is 9.69 Å². The van der Waals surface area contributed by atoms with Crippen molar-refractivity contribution in [2.45, 2.75) is 54.4 Å². The first-order valence-corrected chi connectivity index (χ1v) is 7.42. The summed E-state index contributed by atoms with van der Waals surface area (Å²) in [5.41, 5.74) is -0.0420. The summed E-state index contributed by atoms with van der Waals surface area (Å²) in [6, 6.07) is 0. The van der Waals surface area contributed by atoms with E-state index in [2.05, 4.69) is 33.0 Å². The Bertz CT molecular complexity index is 335. The topological polar surface area (TPSA) is 49.4 Å². The Labute approximate surface area is 124 Å². The predicted molar refractivity (Wildman–Crippen MR) is 83.7 cm³/mol. The molecule has 0 heterocycles. The Hall–Kier alpha value is -0.900. The van der Waals surface area contributed by atoms with Crippen molar-refractivity contribution in [2.24, 2.45) is 10.8 Å². The van der Waals surface area contributed by atoms with Gasteiger partial charge in [-0.25, -0.2) is 0 Å². The van der Waals surface area contributed by atoms with E-state index in [1.165, 1.54) is 0 Å². The molecule has 0 aromatic heterocycles. The minimum absolute atomic E-state index is 0.0145. The minimum atomic E-state index is -0.0275. The maximum absolute atomic E-state index is 11.8. The second kappa shape index (κ2) is 7.77. The number of nitrogens with zero attached hydrogens (tertiary/aromatic N) is 1. The van der Waals surface area contributed by atoms with Crippen LogP contribution in [0.1, 0.15) is 54.4 Å². The van der Waals surface area contributed by atoms with Crippen LogP contribution in [0, 0.1) is 10.8 Å². The zero-order valence-electron chi connectivity index (χ0n) is 14.3. The molecule has 0 atom stereocenters. The number of carbonyl (C=O) groups is 2. The molecule has 0 aromatic carbocycles. The van der Waals surface area contributed by atoms with Crippen molar-refractivity contribution in [1.82, 2.24) is 10.2 Å². The monoisotopic (exact) mass is 284 g/mol. The van der Waals surface area contributed by atoms with Gasteiger partial charge in [-0.15, -0.1) is 0 Å². The third kappa shape index (κ3) is 9.08. The second-order valence-electron chi connectivity index (χ2n) is 7.49. The van der Waals surface area contributed by atoms with Gasteiger partial charge in [0.15, 0.2) is 0 Å². The summed E-state index contributed by atoms with van der Waals surface area (Å²) in [7, 11) is 1.93. The van der Waals surface area contributed by atoms with E-state index in [0.29, 0.717) is 19.5 Å². The average Bonchev–Trinajstić information content (AvgIpc) is 2.22. The third-order valence-electron chi connectivity index (χ3n) is 3.40. The molecule has 0 saturated carbocycles. The van der Waals surface area contributed by atoms with E-state index < -0.39 is 0 Å². The van der Waals surface area contributed by atoms with E-state index in [1.54, 1.807) is 6.92 Å². The highest BCUT2D eigenvalue weighted by Gasteiger charge is 2.30. The normalized spacial score (nSPS) is 12.6. The van der Waals surface area contributed by atoms with E-state index in [9.17, 15) is 9.59 Å². The number of hydrogen-bond donors (Lipinski definition) is 1. The number of ketones is 1. The number of likely N-dealkylation sites (N-methyl/N-ethyl adjacent to an activating group) is 1. The first-order chi connectivity index (χ1) is 8.97. The van der Waals surface area contributed by atoms with Crippen LogP contribution in [0.2, 0.25) is 0 Å². The molecular weight excluding hydrogens is 252 g/mol. The Morgan fingerprint density at radius 1 is 1.10 bits per heavy atom. The fourth-order valence-electron chi connectivity index (χ4n) is 2.85. The Kier molecular flexibility index (Phi) is 7.42. The summed E-state index contributed by atoms with van der Waals surface area (Å²) in [5.74, 6) is 0.284. The molecule has 4 nitrogen and oxygen atoms in total. The molecule has 0 saturated heterocycles. The van der Waals surface area contributed by atoms with Gasteiger partial charge < -0.3 is 10.1 Å². The highest BCUT2D eigenvalue weighted by atomic mass is 16.2. The lowest BCUT2D eigenvalue weighted by atomic mass is 9.72. The van der Waals surface area contributed by atoms with E-state index in [1.807, 2.05) is 18.9 Å². The Morgan fingerprint density at radius 3 is 2.10 bits per heavy atom. The molecule has 0 spiro atoms. The van der Waals surface area contributed by atoms with E-state index >= 15 is 0 Å². The maximum atomic E-state index is 11.8. The summed E-state index contributed by atoms with van der Waals surface area (Å²) in [4.78, 5) is 25.1. The molecule has 1 N–H and O–H groups in total. The summed E-state index contributed by atoms with van der Waals surface area (Å²) in [6.07, 6.45) is 1.49. The summed E-state index contributed by atoms with van der Waals surface area (Å²) >= 11 is 0. The lowest BCUT2D eigenvalue weighted by Crippen LogP contribution is -2.41. The van der Waals surface area contributed by atoms with Gasteiger partial charge in [-0.1, -0.05) is 34.6 Å². The number of hydrogen-bond acceptors (Lipinski definition) is 3. The van der Waals surface area contributed by atoms with Crippen LogP contribution in [0.25, 0.3) is 0 Å². The van der Waals surface area contributed by atoms with Crippen LogP contribution in [0.15, 0.2) is 0 Å². The summed E-state index contributed by atoms with van der Waals surface area (Å²) in [5, 5.41) is 3.00. The van der Waals surface area contributed by atoms with Gasteiger partial charge in [-0.2, -0.15) is 0 Å². The molecule has 20 heavy (non-hydrogen) atoms. The van der Waals surface area contributed by atoms with E-state index in [4.69, 9.17) is 0 Å². The Balaban J connectivity index is 4.31. The predicted octanol–water partition coefficient (Wildman–Crippen LogP) is 2.48. The van der Waals surface area contributed by atoms with Crippen molar-refractivity contribution in [2.75, 3.05) is 26.7 Å². The smallest absolute Gasteiger partial charge is 0.234 e. The number of amides is 1. The Morgan fingerprint density at radius 2 is 1.65 bits per heavy atom. The SMILES string of the molecule is CCN(C)CC(=O)NCC(C)(C)CC(C)(C)CC(C)=O. The zero-order valence-corrected chi connectivity index (χ0v) is 14.3. The quantitative estimate of drug-likeness (QED) is 0.707. The number of Topliss-reactive ketones (excluding diaryl/α,β-unsaturated/α-hetero) is 1. The van der Waals surface area contributed by atoms with Crippen molar-refractivity contribution >= 4 is 11.7 Å². The number of nitrogens with one attached hydrogen (secondary N) is 1. The van der Waals surface area contributed by atoms with Crippen LogP contribution < -0.4 is 5.32 Å². The minimum Gasteiger partial charge on any atom is -0.354 e. The van der Waals surface area contributed by atoms with Crippen LogP contribution in [-0.2, 0) is 9.59 Å². The largest absolute Gasteiger partial charge is 0.354 e. The molecule has 118 valence electrons. The van der Waals surface area contributed by atoms with Crippen LogP contribution in [-0.4, -0.2) is 43.3 Å². The highest BCUT2D eigenvalue weighted by Crippen LogP contribution is 2.35. The summed E-state index contributed by atoms with van der Waals surface area (Å²) in [6.45, 7) is 14.1. The van der Waals surface area contributed by atoms with E-state index in [-0.39, 0.29) is 22.5 Å². The van der Waals surface area contributed by atoms with Crippen molar-refractivity contribution < 1.29 is 9.59 Å². The molecule has 0 rings (SSSR count). The van der Waals surface area contributed by atoms with Gasteiger partial charge in [0, 0.05) is 13.0 Å². The molecule has 0 unspecified atom stereocenters. The lowest BCUT2D eigenvalue weighted by molar-refractivity contribution is -0.123. The molecule has 1 amide bonds. The van der Waals surface area contributed by atoms with Crippen molar-refractivity contribution in [1.29, 1.82) is 0 Å². The fourth-order valence-corrected chi connectivity index (χ4v) is 2.85. The second-order valence-corrected chi connectivity index (χ2v) is 7.49. The van der Waals surface area contributed by atoms with E-state index in [0.717, 1.165) is 13.0 Å². The first-order valence-electron chi connectivity index (χ1n) is 7.42. The van der Waals surface area contributed by atoms with Crippen LogP contribution >= 0.6 is 0 Å². The van der Waals surface area contributed by atoms with Gasteiger partial charge in [0.25, 0.3) is 0 Å². The zero-order chi connectivity index (χ0) is 16.0. The van der Waals surface area contributed by atoms with Gasteiger partial charge in [0.05, 0.1) is 6.54 Å². The average molecular weight is 284 g/mol. The lowest BCUT2D eigenvalue weighted by Gasteiger charge is -2.34. The molecule has 0 radical (unpaired) electrons. The van der Waals surface area contributed by atoms with Crippen molar-refractivity contribution in [3.63, 3.8) is 0 Å². The van der Waals surface area contributed by atoms with Crippen LogP contribution in [0.5, 0.6) is 0 Å². The standard InChI is InChI=1S/C16H32N2O2/c1-8-18(7)10-14(20)17-12-16(5,6)11-15(3,4)9-13(2)19/h8-12H2,1-7H3,(H,17,20). The maximum Gasteiger partial charge on any atom is 0.234 e. The molecule has 0 aliphatic rings. The molecule has 4 heteroatoms. The molecule has 0 fully saturated rings. The number of carbonyl (C=O) groups excluding carboxylic acids is 2. The van der Waals surface area contributed by atoms with Crippen molar-refractivity contribution in [3.8, 4) is 0 Å². The fraction of sp³-hybridized carbons (Fsp3) is 0.875. The van der Waals surface area contributed by atoms with Gasteiger partial charge >= 0.3 is 0 Å². The molecular formula is C16H32N2O2. The molecule has 0 bridgehead atoms. The molecule has 0 aliphatic carbocycles. The van der Waals surface area contributed by atoms with Crippen LogP contribution in [0.3, 0.4) is 0 Å². The number of rotatable bonds is 9. The van der Waals surface area contributed by atoms with Gasteiger partial charge in [0.1, 0.15) is 5.78 Å². The summed E-state index contributed by atoms with van der Waals surface area (Å²) < 4.78 is 0. The molecule has 0 aliphatic heterocycles. The van der Waals surface area contributed by atoms with Gasteiger partial charge in [0.2, 0.25) is 5.91 Å². The third-order valence-corrected chi connectivity index (χ3v) is 3.40. The van der Waals surface area contributed by atoms with Crippen LogP contribution in [0.4, 0.5) is 0 Å². The highest BCUT2D eigenvalue weighted by molar-refractivity contribution is 5.78. The van der Waals surface area contributed by atoms with Crippen molar-refractivity contribution in [3.05, 3.63) is 0 Å². The molecule has 0 aromatic rings. The first kappa shape index (κ1) is 19.1.